The number of ether oxygens (including phenoxy) is 2. The topological polar surface area (TPSA) is 129 Å². The van der Waals surface area contributed by atoms with E-state index in [1.165, 1.54) is 7.11 Å². The number of anilines is 3. The third kappa shape index (κ3) is 4.73. The van der Waals surface area contributed by atoms with Gasteiger partial charge in [0.15, 0.2) is 11.5 Å². The summed E-state index contributed by atoms with van der Waals surface area (Å²) in [6.07, 6.45) is 0.982. The fourth-order valence-corrected chi connectivity index (χ4v) is 4.79. The number of hydrogen-bond donors (Lipinski definition) is 4. The average Bonchev–Trinajstić information content (AvgIpc) is 3.30. The minimum atomic E-state index is -0.719. The first kappa shape index (κ1) is 25.1. The maximum Gasteiger partial charge on any atom is 0.262 e. The lowest BCUT2D eigenvalue weighted by molar-refractivity contribution is -0.120. The van der Waals surface area contributed by atoms with Crippen LogP contribution < -0.4 is 30.3 Å². The Balaban J connectivity index is 1.37. The van der Waals surface area contributed by atoms with Crippen molar-refractivity contribution in [1.29, 1.82) is 0 Å². The summed E-state index contributed by atoms with van der Waals surface area (Å²) < 4.78 is 11.6. The monoisotopic (exact) mass is 516 g/mol. The number of amides is 3. The van der Waals surface area contributed by atoms with Gasteiger partial charge in [-0.05, 0) is 53.9 Å². The summed E-state index contributed by atoms with van der Waals surface area (Å²) in [5, 5.41) is 18.3. The van der Waals surface area contributed by atoms with Crippen molar-refractivity contribution in [3.8, 4) is 11.5 Å². The lowest BCUT2D eigenvalue weighted by Gasteiger charge is -2.33. The molecule has 2 unspecified atom stereocenters. The molecule has 0 spiro atoms. The molecular weight excluding hydrogens is 488 g/mol. The van der Waals surface area contributed by atoms with Crippen molar-refractivity contribution >= 4 is 35.3 Å². The van der Waals surface area contributed by atoms with E-state index < -0.39 is 11.9 Å². The van der Waals surface area contributed by atoms with Gasteiger partial charge >= 0.3 is 0 Å². The molecular formula is C28H28N4O6. The third-order valence-corrected chi connectivity index (χ3v) is 6.66. The number of nitrogens with zero attached hydrogens (tertiary/aromatic N) is 1. The molecule has 5 rings (SSSR count). The van der Waals surface area contributed by atoms with Gasteiger partial charge in [0.25, 0.3) is 5.91 Å². The van der Waals surface area contributed by atoms with Crippen LogP contribution in [0.3, 0.4) is 0 Å². The van der Waals surface area contributed by atoms with Crippen molar-refractivity contribution < 1.29 is 29.0 Å². The first-order valence-corrected chi connectivity index (χ1v) is 12.2. The number of aliphatic hydroxyl groups excluding tert-OH is 1. The van der Waals surface area contributed by atoms with E-state index in [2.05, 4.69) is 16.0 Å². The Bertz CT molecular complexity index is 1410. The summed E-state index contributed by atoms with van der Waals surface area (Å²) >= 11 is 0. The number of hydrogen-bond acceptors (Lipinski definition) is 7. The van der Waals surface area contributed by atoms with E-state index in [4.69, 9.17) is 9.47 Å². The zero-order valence-corrected chi connectivity index (χ0v) is 21.0. The zero-order chi connectivity index (χ0) is 26.8. The number of nitrogens with one attached hydrogen (secondary N) is 3. The minimum absolute atomic E-state index is 0.104. The molecule has 4 N–H and O–H groups in total. The second-order valence-electron chi connectivity index (χ2n) is 9.20. The first-order valence-electron chi connectivity index (χ1n) is 12.2. The standard InChI is InChI=1S/C28H28N4O6/c1-16(29-15-34)27(35)30-20-8-17(13-33)7-18(9-20)14-38-25-12-22-21(11-24(25)37-2)28(36)32-23-6-4-3-5-19(23)10-26(32)31-22/h3-9,11-12,15-16,26,31,33H,10,13-14H2,1-2H3,(H,29,34)(H,30,35). The molecule has 196 valence electrons. The second kappa shape index (κ2) is 10.4. The van der Waals surface area contributed by atoms with E-state index in [0.717, 1.165) is 11.3 Å². The Morgan fingerprint density at radius 2 is 1.97 bits per heavy atom. The zero-order valence-electron chi connectivity index (χ0n) is 21.0. The smallest absolute Gasteiger partial charge is 0.262 e. The van der Waals surface area contributed by atoms with Crippen LogP contribution in [0.2, 0.25) is 0 Å². The van der Waals surface area contributed by atoms with E-state index in [1.54, 1.807) is 42.2 Å². The number of methoxy groups -OCH3 is 1. The molecule has 0 saturated heterocycles. The third-order valence-electron chi connectivity index (χ3n) is 6.66. The van der Waals surface area contributed by atoms with E-state index >= 15 is 0 Å². The van der Waals surface area contributed by atoms with Gasteiger partial charge in [-0.25, -0.2) is 0 Å². The van der Waals surface area contributed by atoms with Gasteiger partial charge in [-0.2, -0.15) is 0 Å². The van der Waals surface area contributed by atoms with Crippen molar-refractivity contribution in [2.24, 2.45) is 0 Å². The molecule has 2 heterocycles. The predicted molar refractivity (Wildman–Crippen MR) is 141 cm³/mol. The van der Waals surface area contributed by atoms with Crippen LogP contribution in [0.4, 0.5) is 17.1 Å². The van der Waals surface area contributed by atoms with E-state index in [1.807, 2.05) is 24.3 Å². The molecule has 0 aromatic heterocycles. The van der Waals surface area contributed by atoms with E-state index in [9.17, 15) is 19.5 Å². The summed E-state index contributed by atoms with van der Waals surface area (Å²) in [5.41, 5.74) is 4.92. The quantitative estimate of drug-likeness (QED) is 0.322. The van der Waals surface area contributed by atoms with Gasteiger partial charge in [-0.15, -0.1) is 0 Å². The molecule has 0 bridgehead atoms. The lowest BCUT2D eigenvalue weighted by Crippen LogP contribution is -2.46. The SMILES string of the molecule is COc1cc2c(cc1OCc1cc(CO)cc(NC(=O)C(C)NC=O)c1)NC1Cc3ccccc3N1C2=O. The molecule has 0 saturated carbocycles. The number of aliphatic hydroxyl groups is 1. The van der Waals surface area contributed by atoms with Crippen molar-refractivity contribution in [1.82, 2.24) is 5.32 Å². The molecule has 2 atom stereocenters. The van der Waals surface area contributed by atoms with Crippen molar-refractivity contribution in [3.63, 3.8) is 0 Å². The summed E-state index contributed by atoms with van der Waals surface area (Å²) in [5.74, 6) is 0.354. The second-order valence-corrected chi connectivity index (χ2v) is 9.20. The summed E-state index contributed by atoms with van der Waals surface area (Å²) in [7, 11) is 1.51. The highest BCUT2D eigenvalue weighted by molar-refractivity contribution is 6.13. The number of benzene rings is 3. The van der Waals surface area contributed by atoms with Crippen LogP contribution in [0.5, 0.6) is 11.5 Å². The molecule has 10 heteroatoms. The molecule has 0 radical (unpaired) electrons. The molecule has 38 heavy (non-hydrogen) atoms. The highest BCUT2D eigenvalue weighted by atomic mass is 16.5. The number of carbonyl (C=O) groups is 3. The maximum absolute atomic E-state index is 13.4. The molecule has 3 aromatic carbocycles. The van der Waals surface area contributed by atoms with Crippen LogP contribution in [0.15, 0.2) is 54.6 Å². The molecule has 2 aliphatic rings. The highest BCUT2D eigenvalue weighted by Crippen LogP contribution is 2.42. The van der Waals surface area contributed by atoms with Gasteiger partial charge in [0, 0.05) is 23.9 Å². The van der Waals surface area contributed by atoms with Crippen LogP contribution in [0.25, 0.3) is 0 Å². The summed E-state index contributed by atoms with van der Waals surface area (Å²) in [6, 6.07) is 15.7. The molecule has 3 amide bonds. The molecule has 0 aliphatic carbocycles. The maximum atomic E-state index is 13.4. The van der Waals surface area contributed by atoms with E-state index in [0.29, 0.717) is 52.4 Å². The Kier molecular flexibility index (Phi) is 6.89. The van der Waals surface area contributed by atoms with Gasteiger partial charge < -0.3 is 30.5 Å². The highest BCUT2D eigenvalue weighted by Gasteiger charge is 2.39. The fraction of sp³-hybridized carbons (Fsp3) is 0.250. The van der Waals surface area contributed by atoms with Crippen molar-refractivity contribution in [2.45, 2.75) is 38.8 Å². The van der Waals surface area contributed by atoms with Crippen molar-refractivity contribution in [3.05, 3.63) is 76.9 Å². The van der Waals surface area contributed by atoms with Crippen LogP contribution in [-0.2, 0) is 29.2 Å². The summed E-state index contributed by atoms with van der Waals surface area (Å²) in [6.45, 7) is 1.45. The molecule has 10 nitrogen and oxygen atoms in total. The Morgan fingerprint density at radius 1 is 1.18 bits per heavy atom. The minimum Gasteiger partial charge on any atom is -0.493 e. The fourth-order valence-electron chi connectivity index (χ4n) is 4.79. The van der Waals surface area contributed by atoms with Crippen molar-refractivity contribution in [2.75, 3.05) is 22.6 Å². The van der Waals surface area contributed by atoms with Gasteiger partial charge in [0.05, 0.1) is 25.0 Å². The summed E-state index contributed by atoms with van der Waals surface area (Å²) in [4.78, 5) is 38.1. The van der Waals surface area contributed by atoms with Crippen LogP contribution in [0.1, 0.15) is 34.0 Å². The van der Waals surface area contributed by atoms with Crippen LogP contribution >= 0.6 is 0 Å². The predicted octanol–water partition coefficient (Wildman–Crippen LogP) is 2.79. The Morgan fingerprint density at radius 3 is 2.74 bits per heavy atom. The normalized spacial score (nSPS) is 15.9. The average molecular weight is 517 g/mol. The van der Waals surface area contributed by atoms with E-state index in [-0.39, 0.29) is 25.3 Å². The number of para-hydroxylation sites is 1. The van der Waals surface area contributed by atoms with Crippen LogP contribution in [0, 0.1) is 0 Å². The lowest BCUT2D eigenvalue weighted by atomic mass is 10.1. The Hall–Kier alpha value is -4.57. The molecule has 2 aliphatic heterocycles. The van der Waals surface area contributed by atoms with Gasteiger partial charge in [-0.3, -0.25) is 19.3 Å². The Labute approximate surface area is 219 Å². The van der Waals surface area contributed by atoms with Crippen LogP contribution in [-0.4, -0.2) is 42.6 Å². The van der Waals surface area contributed by atoms with Gasteiger partial charge in [-0.1, -0.05) is 18.2 Å². The van der Waals surface area contributed by atoms with Gasteiger partial charge in [0.1, 0.15) is 18.8 Å². The molecule has 0 fully saturated rings. The number of rotatable bonds is 9. The largest absolute Gasteiger partial charge is 0.493 e. The molecule has 3 aromatic rings. The number of carbonyl (C=O) groups excluding carboxylic acids is 3. The van der Waals surface area contributed by atoms with Gasteiger partial charge in [0.2, 0.25) is 12.3 Å². The number of fused-ring (bicyclic) bond motifs is 4. The first-order chi connectivity index (χ1) is 18.4.